The van der Waals surface area contributed by atoms with Crippen molar-refractivity contribution in [3.8, 4) is 0 Å². The predicted octanol–water partition coefficient (Wildman–Crippen LogP) is 2.35. The van der Waals surface area contributed by atoms with Crippen LogP contribution < -0.4 is 5.32 Å². The quantitative estimate of drug-likeness (QED) is 0.810. The number of hydrogen-bond donors (Lipinski definition) is 2. The molecular formula is C17H28N2OS. The van der Waals surface area contributed by atoms with Crippen molar-refractivity contribution in [1.82, 2.24) is 10.2 Å². The minimum Gasteiger partial charge on any atom is -0.388 e. The van der Waals surface area contributed by atoms with Gasteiger partial charge >= 0.3 is 0 Å². The second kappa shape index (κ2) is 8.18. The molecule has 0 spiro atoms. The van der Waals surface area contributed by atoms with Crippen molar-refractivity contribution in [3.63, 3.8) is 0 Å². The Kier molecular flexibility index (Phi) is 6.55. The van der Waals surface area contributed by atoms with Gasteiger partial charge in [-0.05, 0) is 44.7 Å². The zero-order valence-electron chi connectivity index (χ0n) is 13.2. The van der Waals surface area contributed by atoms with Gasteiger partial charge in [-0.3, -0.25) is 4.90 Å². The largest absolute Gasteiger partial charge is 0.388 e. The summed E-state index contributed by atoms with van der Waals surface area (Å²) in [6.45, 7) is 5.93. The summed E-state index contributed by atoms with van der Waals surface area (Å²) in [6.07, 6.45) is 4.38. The maximum atomic E-state index is 10.2. The molecular weight excluding hydrogens is 280 g/mol. The van der Waals surface area contributed by atoms with E-state index >= 15 is 0 Å². The van der Waals surface area contributed by atoms with Crippen LogP contribution in [-0.4, -0.2) is 53.3 Å². The van der Waals surface area contributed by atoms with Crippen molar-refractivity contribution in [3.05, 3.63) is 35.9 Å². The second-order valence-electron chi connectivity index (χ2n) is 6.35. The lowest BCUT2D eigenvalue weighted by atomic mass is 10.0. The van der Waals surface area contributed by atoms with E-state index in [0.717, 1.165) is 25.4 Å². The summed E-state index contributed by atoms with van der Waals surface area (Å²) in [5.74, 6) is 0.785. The summed E-state index contributed by atoms with van der Waals surface area (Å²) < 4.78 is 0. The highest BCUT2D eigenvalue weighted by atomic mass is 32.2. The molecule has 1 saturated heterocycles. The van der Waals surface area contributed by atoms with Gasteiger partial charge in [-0.1, -0.05) is 30.3 Å². The van der Waals surface area contributed by atoms with Gasteiger partial charge in [-0.25, -0.2) is 0 Å². The Hall–Kier alpha value is -0.550. The van der Waals surface area contributed by atoms with Gasteiger partial charge in [0.05, 0.1) is 5.60 Å². The minimum atomic E-state index is -0.597. The van der Waals surface area contributed by atoms with E-state index in [9.17, 15) is 5.11 Å². The second-order valence-corrected chi connectivity index (χ2v) is 7.21. The molecule has 1 aromatic carbocycles. The molecule has 0 saturated carbocycles. The van der Waals surface area contributed by atoms with E-state index in [-0.39, 0.29) is 0 Å². The Morgan fingerprint density at radius 2 is 1.95 bits per heavy atom. The van der Waals surface area contributed by atoms with Crippen molar-refractivity contribution in [2.24, 2.45) is 0 Å². The third-order valence-electron chi connectivity index (χ3n) is 4.06. The third kappa shape index (κ3) is 5.99. The molecule has 3 nitrogen and oxygen atoms in total. The molecule has 21 heavy (non-hydrogen) atoms. The highest BCUT2D eigenvalue weighted by Crippen LogP contribution is 2.15. The molecule has 0 radical (unpaired) electrons. The molecule has 1 fully saturated rings. The summed E-state index contributed by atoms with van der Waals surface area (Å²) >= 11 is 1.70. The van der Waals surface area contributed by atoms with Crippen molar-refractivity contribution < 1.29 is 5.11 Å². The summed E-state index contributed by atoms with van der Waals surface area (Å²) in [7, 11) is 0. The van der Waals surface area contributed by atoms with Crippen LogP contribution in [0.3, 0.4) is 0 Å². The van der Waals surface area contributed by atoms with E-state index in [1.807, 2.05) is 13.2 Å². The van der Waals surface area contributed by atoms with Crippen LogP contribution in [0.15, 0.2) is 30.3 Å². The monoisotopic (exact) mass is 308 g/mol. The lowest BCUT2D eigenvalue weighted by molar-refractivity contribution is 0.0761. The minimum absolute atomic E-state index is 0.547. The maximum absolute atomic E-state index is 10.2. The number of thioether (sulfide) groups is 1. The first-order chi connectivity index (χ1) is 10.1. The van der Waals surface area contributed by atoms with Crippen molar-refractivity contribution in [1.29, 1.82) is 0 Å². The standard InChI is InChI=1S/C17H28N2OS/c1-17(20,14-21-2)13-18-16-8-10-19(11-9-16)12-15-6-4-3-5-7-15/h3-7,16,18,20H,8-14H2,1-2H3. The van der Waals surface area contributed by atoms with E-state index < -0.39 is 5.60 Å². The molecule has 1 atom stereocenters. The number of nitrogens with one attached hydrogen (secondary N) is 1. The van der Waals surface area contributed by atoms with Crippen LogP contribution in [0.2, 0.25) is 0 Å². The van der Waals surface area contributed by atoms with Gasteiger partial charge in [0.25, 0.3) is 0 Å². The van der Waals surface area contributed by atoms with Gasteiger partial charge in [0.2, 0.25) is 0 Å². The van der Waals surface area contributed by atoms with E-state index in [0.29, 0.717) is 12.6 Å². The van der Waals surface area contributed by atoms with E-state index in [1.165, 1.54) is 18.4 Å². The van der Waals surface area contributed by atoms with Crippen LogP contribution >= 0.6 is 11.8 Å². The van der Waals surface area contributed by atoms with Gasteiger partial charge in [-0.15, -0.1) is 0 Å². The van der Waals surface area contributed by atoms with E-state index in [1.54, 1.807) is 11.8 Å². The van der Waals surface area contributed by atoms with Crippen molar-refractivity contribution in [2.75, 3.05) is 31.6 Å². The summed E-state index contributed by atoms with van der Waals surface area (Å²) in [5.41, 5.74) is 0.799. The molecule has 2 rings (SSSR count). The SMILES string of the molecule is CSCC(C)(O)CNC1CCN(Cc2ccccc2)CC1. The molecule has 0 amide bonds. The van der Waals surface area contributed by atoms with E-state index in [2.05, 4.69) is 40.5 Å². The third-order valence-corrected chi connectivity index (χ3v) is 4.97. The molecule has 1 unspecified atom stereocenters. The molecule has 1 heterocycles. The van der Waals surface area contributed by atoms with Crippen LogP contribution in [0.1, 0.15) is 25.3 Å². The van der Waals surface area contributed by atoms with Gasteiger partial charge in [-0.2, -0.15) is 11.8 Å². The van der Waals surface area contributed by atoms with Crippen molar-refractivity contribution in [2.45, 2.75) is 38.0 Å². The molecule has 0 aromatic heterocycles. The Balaban J connectivity index is 1.69. The molecule has 0 bridgehead atoms. The molecule has 1 aliphatic rings. The fourth-order valence-electron chi connectivity index (χ4n) is 2.86. The van der Waals surface area contributed by atoms with Gasteiger partial charge in [0.15, 0.2) is 0 Å². The number of nitrogens with zero attached hydrogens (tertiary/aromatic N) is 1. The normalized spacial score (nSPS) is 20.3. The smallest absolute Gasteiger partial charge is 0.0833 e. The number of likely N-dealkylation sites (tertiary alicyclic amines) is 1. The maximum Gasteiger partial charge on any atom is 0.0833 e. The first-order valence-electron chi connectivity index (χ1n) is 7.80. The number of aliphatic hydroxyl groups is 1. The topological polar surface area (TPSA) is 35.5 Å². The average molecular weight is 308 g/mol. The first kappa shape index (κ1) is 16.8. The van der Waals surface area contributed by atoms with Gasteiger partial charge in [0.1, 0.15) is 0 Å². The first-order valence-corrected chi connectivity index (χ1v) is 9.19. The van der Waals surface area contributed by atoms with Crippen LogP contribution in [-0.2, 0) is 6.54 Å². The van der Waals surface area contributed by atoms with Gasteiger partial charge in [0, 0.05) is 24.9 Å². The van der Waals surface area contributed by atoms with Crippen LogP contribution in [0.25, 0.3) is 0 Å². The van der Waals surface area contributed by atoms with Crippen LogP contribution in [0.5, 0.6) is 0 Å². The summed E-state index contributed by atoms with van der Waals surface area (Å²) in [4.78, 5) is 2.52. The number of hydrogen-bond acceptors (Lipinski definition) is 4. The number of rotatable bonds is 7. The Morgan fingerprint density at radius 3 is 2.57 bits per heavy atom. The lowest BCUT2D eigenvalue weighted by Gasteiger charge is -2.34. The molecule has 1 aliphatic heterocycles. The summed E-state index contributed by atoms with van der Waals surface area (Å²) in [6, 6.07) is 11.2. The summed E-state index contributed by atoms with van der Waals surface area (Å²) in [5, 5.41) is 13.7. The predicted molar refractivity (Wildman–Crippen MR) is 91.7 cm³/mol. The number of piperidine rings is 1. The average Bonchev–Trinajstić information content (AvgIpc) is 2.48. The van der Waals surface area contributed by atoms with Crippen molar-refractivity contribution >= 4 is 11.8 Å². The molecule has 2 N–H and O–H groups in total. The fraction of sp³-hybridized carbons (Fsp3) is 0.647. The van der Waals surface area contributed by atoms with Gasteiger partial charge < -0.3 is 10.4 Å². The lowest BCUT2D eigenvalue weighted by Crippen LogP contribution is -2.48. The van der Waals surface area contributed by atoms with Crippen LogP contribution in [0.4, 0.5) is 0 Å². The highest BCUT2D eigenvalue weighted by molar-refractivity contribution is 7.98. The zero-order valence-corrected chi connectivity index (χ0v) is 14.0. The molecule has 1 aromatic rings. The molecule has 4 heteroatoms. The Labute approximate surface area is 133 Å². The fourth-order valence-corrected chi connectivity index (χ4v) is 3.59. The molecule has 118 valence electrons. The zero-order chi connectivity index (χ0) is 15.1. The Bertz CT molecular complexity index is 403. The highest BCUT2D eigenvalue weighted by Gasteiger charge is 2.23. The van der Waals surface area contributed by atoms with E-state index in [4.69, 9.17) is 0 Å². The Morgan fingerprint density at radius 1 is 1.29 bits per heavy atom. The number of benzene rings is 1. The molecule has 0 aliphatic carbocycles. The van der Waals surface area contributed by atoms with Crippen LogP contribution in [0, 0.1) is 0 Å².